The van der Waals surface area contributed by atoms with Crippen molar-refractivity contribution < 1.29 is 23.0 Å². The molecule has 0 aliphatic heterocycles. The van der Waals surface area contributed by atoms with Gasteiger partial charge in [-0.25, -0.2) is 0 Å². The highest BCUT2D eigenvalue weighted by atomic mass is 19.3. The molecule has 0 heterocycles. The molecule has 3 nitrogen and oxygen atoms in total. The average molecular weight is 314 g/mol. The van der Waals surface area contributed by atoms with E-state index in [2.05, 4.69) is 6.92 Å². The van der Waals surface area contributed by atoms with Gasteiger partial charge >= 0.3 is 5.92 Å². The second-order valence-electron chi connectivity index (χ2n) is 5.24. The fraction of sp³-hybridized carbons (Fsp3) is 0.588. The molecule has 0 saturated carbocycles. The number of ether oxygens (including phenoxy) is 2. The Morgan fingerprint density at radius 3 is 2.23 bits per heavy atom. The van der Waals surface area contributed by atoms with Gasteiger partial charge in [0.2, 0.25) is 0 Å². The lowest BCUT2D eigenvalue weighted by Crippen LogP contribution is -2.25. The van der Waals surface area contributed by atoms with Crippen LogP contribution in [0.15, 0.2) is 24.3 Å². The second-order valence-corrected chi connectivity index (χ2v) is 5.24. The molecule has 0 bridgehead atoms. The van der Waals surface area contributed by atoms with Gasteiger partial charge in [-0.05, 0) is 31.4 Å². The van der Waals surface area contributed by atoms with E-state index in [0.717, 1.165) is 25.5 Å². The molecule has 0 amide bonds. The van der Waals surface area contributed by atoms with E-state index in [9.17, 15) is 13.6 Å². The highest BCUT2D eigenvalue weighted by Crippen LogP contribution is 2.23. The molecule has 1 aromatic carbocycles. The number of carbonyl (C=O) groups excluding carboxylic acids is 1. The van der Waals surface area contributed by atoms with Crippen LogP contribution < -0.4 is 9.47 Å². The van der Waals surface area contributed by atoms with Crippen LogP contribution in [0.2, 0.25) is 0 Å². The van der Waals surface area contributed by atoms with Gasteiger partial charge in [0.05, 0.1) is 13.2 Å². The minimum atomic E-state index is -3.22. The van der Waals surface area contributed by atoms with Crippen molar-refractivity contribution in [3.63, 3.8) is 0 Å². The minimum absolute atomic E-state index is 0.249. The molecule has 0 saturated heterocycles. The summed E-state index contributed by atoms with van der Waals surface area (Å²) in [5, 5.41) is 0. The Morgan fingerprint density at radius 1 is 1.09 bits per heavy atom. The van der Waals surface area contributed by atoms with Gasteiger partial charge in [0.25, 0.3) is 0 Å². The average Bonchev–Trinajstić information content (AvgIpc) is 2.47. The van der Waals surface area contributed by atoms with E-state index in [0.29, 0.717) is 25.4 Å². The van der Waals surface area contributed by atoms with Crippen LogP contribution in [0.3, 0.4) is 0 Å². The highest BCUT2D eigenvalue weighted by Gasteiger charge is 2.33. The van der Waals surface area contributed by atoms with Gasteiger partial charge in [-0.3, -0.25) is 4.79 Å². The monoisotopic (exact) mass is 314 g/mol. The van der Waals surface area contributed by atoms with Crippen molar-refractivity contribution >= 4 is 5.78 Å². The highest BCUT2D eigenvalue weighted by molar-refractivity contribution is 5.82. The lowest BCUT2D eigenvalue weighted by atomic mass is 10.1. The molecule has 1 aromatic rings. The minimum Gasteiger partial charge on any atom is -0.493 e. The maximum atomic E-state index is 13.1. The molecule has 0 aliphatic carbocycles. The van der Waals surface area contributed by atoms with E-state index in [4.69, 9.17) is 9.47 Å². The Bertz CT molecular complexity index is 461. The van der Waals surface area contributed by atoms with Crippen molar-refractivity contribution in [2.45, 2.75) is 51.9 Å². The summed E-state index contributed by atoms with van der Waals surface area (Å²) in [6.45, 7) is 4.02. The van der Waals surface area contributed by atoms with Crippen LogP contribution in [0.25, 0.3) is 0 Å². The summed E-state index contributed by atoms with van der Waals surface area (Å²) < 4.78 is 37.3. The molecule has 0 N–H and O–H groups in total. The maximum absolute atomic E-state index is 13.1. The number of carbonyl (C=O) groups is 1. The lowest BCUT2D eigenvalue weighted by Gasteiger charge is -2.12. The van der Waals surface area contributed by atoms with E-state index < -0.39 is 18.1 Å². The van der Waals surface area contributed by atoms with E-state index in [1.54, 1.807) is 12.1 Å². The van der Waals surface area contributed by atoms with Gasteiger partial charge < -0.3 is 9.47 Å². The lowest BCUT2D eigenvalue weighted by molar-refractivity contribution is -0.141. The first-order valence-corrected chi connectivity index (χ1v) is 7.70. The summed E-state index contributed by atoms with van der Waals surface area (Å²) in [6.07, 6.45) is 2.37. The van der Waals surface area contributed by atoms with Crippen molar-refractivity contribution in [3.05, 3.63) is 24.3 Å². The van der Waals surface area contributed by atoms with Crippen LogP contribution in [0.4, 0.5) is 8.78 Å². The first-order valence-electron chi connectivity index (χ1n) is 7.70. The number of ketones is 1. The third-order valence-electron chi connectivity index (χ3n) is 3.24. The molecule has 0 aromatic heterocycles. The summed E-state index contributed by atoms with van der Waals surface area (Å²) >= 11 is 0. The molecular weight excluding hydrogens is 290 g/mol. The van der Waals surface area contributed by atoms with Crippen LogP contribution in [0.1, 0.15) is 46.0 Å². The Labute approximate surface area is 130 Å². The molecule has 0 unspecified atom stereocenters. The number of halogens is 2. The van der Waals surface area contributed by atoms with Gasteiger partial charge in [-0.15, -0.1) is 0 Å². The number of rotatable bonds is 11. The first kappa shape index (κ1) is 18.4. The molecule has 0 spiro atoms. The van der Waals surface area contributed by atoms with Crippen molar-refractivity contribution in [1.29, 1.82) is 0 Å². The van der Waals surface area contributed by atoms with Gasteiger partial charge in [-0.2, -0.15) is 8.78 Å². The Kier molecular flexibility index (Phi) is 7.85. The molecule has 0 radical (unpaired) electrons. The third-order valence-corrected chi connectivity index (χ3v) is 3.24. The number of benzene rings is 1. The molecule has 0 atom stereocenters. The Balaban J connectivity index is 2.27. The molecule has 124 valence electrons. The van der Waals surface area contributed by atoms with E-state index in [1.807, 2.05) is 12.1 Å². The van der Waals surface area contributed by atoms with E-state index >= 15 is 0 Å². The number of hydrogen-bond acceptors (Lipinski definition) is 3. The SMILES string of the molecule is CCCCOc1cccc(OCCCCC(F)(F)C(C)=O)c1. The number of alkyl halides is 2. The van der Waals surface area contributed by atoms with Gasteiger partial charge in [0.15, 0.2) is 5.78 Å². The zero-order chi connectivity index (χ0) is 16.4. The van der Waals surface area contributed by atoms with Crippen LogP contribution in [0, 0.1) is 0 Å². The van der Waals surface area contributed by atoms with Crippen molar-refractivity contribution in [2.75, 3.05) is 13.2 Å². The van der Waals surface area contributed by atoms with Crippen LogP contribution in [-0.4, -0.2) is 24.9 Å². The maximum Gasteiger partial charge on any atom is 0.304 e. The predicted octanol–water partition coefficient (Wildman–Crippen LogP) is 4.64. The summed E-state index contributed by atoms with van der Waals surface area (Å²) in [7, 11) is 0. The summed E-state index contributed by atoms with van der Waals surface area (Å²) in [6, 6.07) is 7.28. The largest absolute Gasteiger partial charge is 0.493 e. The van der Waals surface area contributed by atoms with Crippen LogP contribution >= 0.6 is 0 Å². The summed E-state index contributed by atoms with van der Waals surface area (Å²) in [5.74, 6) is -2.89. The molecule has 22 heavy (non-hydrogen) atoms. The fourth-order valence-electron chi connectivity index (χ4n) is 1.80. The topological polar surface area (TPSA) is 35.5 Å². The summed E-state index contributed by atoms with van der Waals surface area (Å²) in [5.41, 5.74) is 0. The van der Waals surface area contributed by atoms with Crippen LogP contribution in [0.5, 0.6) is 11.5 Å². The number of hydrogen-bond donors (Lipinski definition) is 0. The Hall–Kier alpha value is -1.65. The molecule has 5 heteroatoms. The van der Waals surface area contributed by atoms with Crippen molar-refractivity contribution in [3.8, 4) is 11.5 Å². The molecule has 0 fully saturated rings. The van der Waals surface area contributed by atoms with Crippen LogP contribution in [-0.2, 0) is 4.79 Å². The van der Waals surface area contributed by atoms with Gasteiger partial charge in [-0.1, -0.05) is 19.4 Å². The Morgan fingerprint density at radius 2 is 1.68 bits per heavy atom. The van der Waals surface area contributed by atoms with Gasteiger partial charge in [0.1, 0.15) is 11.5 Å². The van der Waals surface area contributed by atoms with E-state index in [1.165, 1.54) is 0 Å². The zero-order valence-corrected chi connectivity index (χ0v) is 13.2. The molecular formula is C17H24F2O3. The number of unbranched alkanes of at least 4 members (excludes halogenated alkanes) is 2. The fourth-order valence-corrected chi connectivity index (χ4v) is 1.80. The molecule has 0 aliphatic rings. The standard InChI is InChI=1S/C17H24F2O3/c1-3-4-11-21-15-8-7-9-16(13-15)22-12-6-5-10-17(18,19)14(2)20/h7-9,13H,3-6,10-12H2,1-2H3. The van der Waals surface area contributed by atoms with Gasteiger partial charge in [0, 0.05) is 19.4 Å². The zero-order valence-electron chi connectivity index (χ0n) is 13.2. The molecule has 1 rings (SSSR count). The second kappa shape index (κ2) is 9.38. The van der Waals surface area contributed by atoms with Crippen molar-refractivity contribution in [1.82, 2.24) is 0 Å². The summed E-state index contributed by atoms with van der Waals surface area (Å²) in [4.78, 5) is 10.7. The van der Waals surface area contributed by atoms with Crippen molar-refractivity contribution in [2.24, 2.45) is 0 Å². The smallest absolute Gasteiger partial charge is 0.304 e. The normalized spacial score (nSPS) is 11.3. The first-order chi connectivity index (χ1) is 10.5. The third kappa shape index (κ3) is 6.87. The van der Waals surface area contributed by atoms with E-state index in [-0.39, 0.29) is 6.42 Å². The predicted molar refractivity (Wildman–Crippen MR) is 81.8 cm³/mol. The quantitative estimate of drug-likeness (QED) is 0.558. The number of Topliss-reactive ketones (excluding diaryl/α,β-unsaturated/α-hetero) is 1.